The largest absolute Gasteiger partial charge is 0.399 e. The molecule has 0 aliphatic carbocycles. The molecule has 100 valence electrons. The van der Waals surface area contributed by atoms with E-state index in [0.29, 0.717) is 32.2 Å². The number of anilines is 1. The maximum Gasteiger partial charge on any atom is 0.196 e. The van der Waals surface area contributed by atoms with Crippen molar-refractivity contribution in [3.8, 4) is 0 Å². The average Bonchev–Trinajstić information content (AvgIpc) is 2.86. The number of benzene rings is 2. The minimum Gasteiger partial charge on any atom is -0.399 e. The van der Waals surface area contributed by atoms with Crippen LogP contribution in [0, 0.1) is 5.82 Å². The number of aromatic nitrogens is 1. The number of carbonyl (C=O) groups is 1. The molecule has 3 nitrogen and oxygen atoms in total. The van der Waals surface area contributed by atoms with Gasteiger partial charge in [-0.1, -0.05) is 22.0 Å². The molecule has 0 unspecified atom stereocenters. The molecule has 3 rings (SSSR count). The average molecular weight is 333 g/mol. The number of rotatable bonds is 2. The van der Waals surface area contributed by atoms with Crippen LogP contribution in [0.2, 0.25) is 0 Å². The first kappa shape index (κ1) is 12.9. The van der Waals surface area contributed by atoms with Crippen LogP contribution in [-0.4, -0.2) is 10.8 Å². The van der Waals surface area contributed by atoms with E-state index < -0.39 is 5.82 Å². The molecule has 0 fully saturated rings. The molecule has 0 saturated heterocycles. The van der Waals surface area contributed by atoms with Gasteiger partial charge in [0.1, 0.15) is 5.82 Å². The van der Waals surface area contributed by atoms with E-state index in [2.05, 4.69) is 20.9 Å². The first-order valence-electron chi connectivity index (χ1n) is 5.93. The highest BCUT2D eigenvalue weighted by Crippen LogP contribution is 2.27. The summed E-state index contributed by atoms with van der Waals surface area (Å²) in [6, 6.07) is 9.63. The van der Waals surface area contributed by atoms with Gasteiger partial charge in [-0.25, -0.2) is 4.39 Å². The number of halogens is 2. The molecule has 0 amide bonds. The lowest BCUT2D eigenvalue weighted by Crippen LogP contribution is -2.03. The molecular formula is C15H10BrFN2O. The van der Waals surface area contributed by atoms with Crippen LogP contribution in [0.15, 0.2) is 47.1 Å². The van der Waals surface area contributed by atoms with Crippen molar-refractivity contribution in [1.82, 2.24) is 4.98 Å². The Hall–Kier alpha value is -2.14. The van der Waals surface area contributed by atoms with Gasteiger partial charge in [-0.15, -0.1) is 0 Å². The van der Waals surface area contributed by atoms with Crippen molar-refractivity contribution < 1.29 is 9.18 Å². The summed E-state index contributed by atoms with van der Waals surface area (Å²) in [4.78, 5) is 15.5. The minimum atomic E-state index is -0.424. The van der Waals surface area contributed by atoms with E-state index in [0.717, 1.165) is 0 Å². The third-order valence-corrected chi connectivity index (χ3v) is 3.83. The zero-order valence-electron chi connectivity index (χ0n) is 10.3. The van der Waals surface area contributed by atoms with Gasteiger partial charge in [0.15, 0.2) is 5.78 Å². The predicted octanol–water partition coefficient (Wildman–Crippen LogP) is 3.88. The fraction of sp³-hybridized carbons (Fsp3) is 0. The zero-order chi connectivity index (χ0) is 14.3. The van der Waals surface area contributed by atoms with Crippen LogP contribution in [0.5, 0.6) is 0 Å². The summed E-state index contributed by atoms with van der Waals surface area (Å²) < 4.78 is 14.6. The van der Waals surface area contributed by atoms with Crippen molar-refractivity contribution in [1.29, 1.82) is 0 Å². The first-order chi connectivity index (χ1) is 9.58. The number of ketones is 1. The maximum atomic E-state index is 13.9. The molecule has 1 heterocycles. The number of fused-ring (bicyclic) bond motifs is 1. The molecule has 5 heteroatoms. The number of hydrogen-bond donors (Lipinski definition) is 2. The SMILES string of the molecule is Nc1ccc(Br)c(C(=O)c2c[nH]c3cccc(F)c23)c1. The van der Waals surface area contributed by atoms with Gasteiger partial charge in [-0.2, -0.15) is 0 Å². The third-order valence-electron chi connectivity index (χ3n) is 3.13. The molecule has 0 spiro atoms. The summed E-state index contributed by atoms with van der Waals surface area (Å²) in [5.74, 6) is -0.701. The quantitative estimate of drug-likeness (QED) is 0.552. The highest BCUT2D eigenvalue weighted by molar-refractivity contribution is 9.10. The summed E-state index contributed by atoms with van der Waals surface area (Å²) in [7, 11) is 0. The Kier molecular flexibility index (Phi) is 3.06. The number of nitrogens with two attached hydrogens (primary N) is 1. The van der Waals surface area contributed by atoms with Gasteiger partial charge in [-0.05, 0) is 30.3 Å². The van der Waals surface area contributed by atoms with Crippen molar-refractivity contribution in [2.45, 2.75) is 0 Å². The lowest BCUT2D eigenvalue weighted by atomic mass is 10.0. The van der Waals surface area contributed by atoms with Crippen LogP contribution >= 0.6 is 15.9 Å². The summed E-state index contributed by atoms with van der Waals surface area (Å²) >= 11 is 3.32. The van der Waals surface area contributed by atoms with Crippen molar-refractivity contribution in [2.75, 3.05) is 5.73 Å². The fourth-order valence-corrected chi connectivity index (χ4v) is 2.61. The summed E-state index contributed by atoms with van der Waals surface area (Å²) in [5, 5.41) is 0.298. The highest BCUT2D eigenvalue weighted by Gasteiger charge is 2.19. The Bertz CT molecular complexity index is 826. The molecule has 20 heavy (non-hydrogen) atoms. The van der Waals surface area contributed by atoms with Crippen molar-refractivity contribution in [3.05, 3.63) is 64.0 Å². The molecule has 1 aromatic heterocycles. The predicted molar refractivity (Wildman–Crippen MR) is 80.2 cm³/mol. The van der Waals surface area contributed by atoms with E-state index >= 15 is 0 Å². The van der Waals surface area contributed by atoms with Crippen LogP contribution in [-0.2, 0) is 0 Å². The lowest BCUT2D eigenvalue weighted by Gasteiger charge is -2.04. The third kappa shape index (κ3) is 2.00. The van der Waals surface area contributed by atoms with Gasteiger partial charge in [0, 0.05) is 32.8 Å². The van der Waals surface area contributed by atoms with Crippen LogP contribution in [0.3, 0.4) is 0 Å². The summed E-state index contributed by atoms with van der Waals surface area (Å²) in [6.07, 6.45) is 1.52. The maximum absolute atomic E-state index is 13.9. The van der Waals surface area contributed by atoms with E-state index in [9.17, 15) is 9.18 Å². The highest BCUT2D eigenvalue weighted by atomic mass is 79.9. The van der Waals surface area contributed by atoms with Crippen LogP contribution in [0.4, 0.5) is 10.1 Å². The normalized spacial score (nSPS) is 10.9. The number of aromatic amines is 1. The molecule has 3 N–H and O–H groups in total. The Morgan fingerprint density at radius 3 is 2.80 bits per heavy atom. The summed E-state index contributed by atoms with van der Waals surface area (Å²) in [6.45, 7) is 0. The monoisotopic (exact) mass is 332 g/mol. The smallest absolute Gasteiger partial charge is 0.196 e. The molecule has 0 radical (unpaired) electrons. The van der Waals surface area contributed by atoms with E-state index in [4.69, 9.17) is 5.73 Å². The number of nitrogen functional groups attached to an aromatic ring is 1. The van der Waals surface area contributed by atoms with Crippen LogP contribution in [0.1, 0.15) is 15.9 Å². The van der Waals surface area contributed by atoms with Crippen LogP contribution < -0.4 is 5.73 Å². The number of nitrogens with one attached hydrogen (secondary N) is 1. The molecule has 0 aliphatic heterocycles. The second kappa shape index (κ2) is 4.76. The molecule has 2 aromatic carbocycles. The van der Waals surface area contributed by atoms with Crippen LogP contribution in [0.25, 0.3) is 10.9 Å². The Balaban J connectivity index is 2.21. The Morgan fingerprint density at radius 1 is 1.20 bits per heavy atom. The minimum absolute atomic E-state index is 0.277. The molecule has 0 saturated carbocycles. The molecule has 3 aromatic rings. The van der Waals surface area contributed by atoms with E-state index in [1.54, 1.807) is 30.3 Å². The first-order valence-corrected chi connectivity index (χ1v) is 6.72. The lowest BCUT2D eigenvalue weighted by molar-refractivity contribution is 0.103. The topological polar surface area (TPSA) is 58.9 Å². The van der Waals surface area contributed by atoms with Gasteiger partial charge >= 0.3 is 0 Å². The molecule has 0 aliphatic rings. The second-order valence-electron chi connectivity index (χ2n) is 4.43. The number of hydrogen-bond acceptors (Lipinski definition) is 2. The van der Waals surface area contributed by atoms with E-state index in [1.165, 1.54) is 12.3 Å². The van der Waals surface area contributed by atoms with Crippen molar-refractivity contribution >= 4 is 38.3 Å². The standard InChI is InChI=1S/C15H10BrFN2O/c16-11-5-4-8(18)6-9(11)15(20)10-7-19-13-3-1-2-12(17)14(10)13/h1-7,19H,18H2. The van der Waals surface area contributed by atoms with Crippen molar-refractivity contribution in [3.63, 3.8) is 0 Å². The van der Waals surface area contributed by atoms with Gasteiger partial charge in [-0.3, -0.25) is 4.79 Å². The van der Waals surface area contributed by atoms with Gasteiger partial charge in [0.05, 0.1) is 5.56 Å². The molecule has 0 bridgehead atoms. The van der Waals surface area contributed by atoms with Gasteiger partial charge in [0.2, 0.25) is 0 Å². The van der Waals surface area contributed by atoms with E-state index in [-0.39, 0.29) is 5.78 Å². The van der Waals surface area contributed by atoms with Gasteiger partial charge in [0.25, 0.3) is 0 Å². The van der Waals surface area contributed by atoms with Gasteiger partial charge < -0.3 is 10.7 Å². The number of H-pyrrole nitrogens is 1. The Labute approximate surface area is 122 Å². The number of carbonyl (C=O) groups excluding carboxylic acids is 1. The second-order valence-corrected chi connectivity index (χ2v) is 5.29. The summed E-state index contributed by atoms with van der Waals surface area (Å²) in [5.41, 5.74) is 7.49. The molecular weight excluding hydrogens is 323 g/mol. The van der Waals surface area contributed by atoms with Crippen molar-refractivity contribution in [2.24, 2.45) is 0 Å². The fourth-order valence-electron chi connectivity index (χ4n) is 2.18. The van der Waals surface area contributed by atoms with E-state index in [1.807, 2.05) is 0 Å². The molecule has 0 atom stereocenters. The Morgan fingerprint density at radius 2 is 2.00 bits per heavy atom. The zero-order valence-corrected chi connectivity index (χ0v) is 11.9.